The number of fused-ring (bicyclic) bond motifs is 3. The third-order valence-electron chi connectivity index (χ3n) is 6.96. The highest BCUT2D eigenvalue weighted by atomic mass is 16.5. The molecule has 7 heteroatoms. The largest absolute Gasteiger partial charge is 0.481 e. The van der Waals surface area contributed by atoms with Gasteiger partial charge >= 0.3 is 12.1 Å². The minimum atomic E-state index is -0.817. The molecule has 1 saturated carbocycles. The van der Waals surface area contributed by atoms with Gasteiger partial charge in [-0.25, -0.2) is 4.79 Å². The van der Waals surface area contributed by atoms with Gasteiger partial charge in [0.25, 0.3) is 0 Å². The van der Waals surface area contributed by atoms with E-state index < -0.39 is 18.1 Å². The Balaban J connectivity index is 1.35. The van der Waals surface area contributed by atoms with E-state index in [0.29, 0.717) is 19.3 Å². The molecule has 3 N–H and O–H groups in total. The van der Waals surface area contributed by atoms with Crippen LogP contribution in [-0.2, 0) is 14.3 Å². The second-order valence-corrected chi connectivity index (χ2v) is 9.37. The van der Waals surface area contributed by atoms with E-state index in [2.05, 4.69) is 41.5 Å². The maximum Gasteiger partial charge on any atom is 0.407 e. The van der Waals surface area contributed by atoms with Crippen LogP contribution in [0.3, 0.4) is 0 Å². The third kappa shape index (κ3) is 5.91. The summed E-state index contributed by atoms with van der Waals surface area (Å²) in [5, 5.41) is 14.7. The van der Waals surface area contributed by atoms with E-state index in [4.69, 9.17) is 9.84 Å². The second-order valence-electron chi connectivity index (χ2n) is 9.37. The normalized spacial score (nSPS) is 19.3. The summed E-state index contributed by atoms with van der Waals surface area (Å²) in [6.07, 6.45) is 4.31. The molecule has 0 radical (unpaired) electrons. The van der Waals surface area contributed by atoms with Crippen molar-refractivity contribution in [2.45, 2.75) is 56.5 Å². The number of nitrogens with one attached hydrogen (secondary N) is 2. The topological polar surface area (TPSA) is 105 Å². The van der Waals surface area contributed by atoms with Crippen LogP contribution in [0, 0.1) is 5.92 Å². The lowest BCUT2D eigenvalue weighted by Crippen LogP contribution is -2.49. The highest BCUT2D eigenvalue weighted by Gasteiger charge is 2.31. The SMILES string of the molecule is C=CCCC(NC(=O)OCC1c2ccccc2-c2ccccc21)C(=O)N[C@H]1CC[C@@H](CC(=O)O)C1. The molecule has 2 aromatic carbocycles. The zero-order valence-corrected chi connectivity index (χ0v) is 19.7. The highest BCUT2D eigenvalue weighted by Crippen LogP contribution is 2.44. The van der Waals surface area contributed by atoms with Crippen LogP contribution in [0.2, 0.25) is 0 Å². The molecule has 2 aromatic rings. The van der Waals surface area contributed by atoms with Crippen LogP contribution in [0.4, 0.5) is 4.79 Å². The summed E-state index contributed by atoms with van der Waals surface area (Å²) in [6, 6.07) is 15.4. The van der Waals surface area contributed by atoms with E-state index in [1.807, 2.05) is 24.3 Å². The third-order valence-corrected chi connectivity index (χ3v) is 6.96. The maximum absolute atomic E-state index is 12.9. The van der Waals surface area contributed by atoms with Gasteiger partial charge in [0.05, 0.1) is 0 Å². The lowest BCUT2D eigenvalue weighted by Gasteiger charge is -2.21. The van der Waals surface area contributed by atoms with Gasteiger partial charge in [0.2, 0.25) is 5.91 Å². The van der Waals surface area contributed by atoms with Gasteiger partial charge in [0.1, 0.15) is 12.6 Å². The molecule has 1 fully saturated rings. The molecule has 7 nitrogen and oxygen atoms in total. The Bertz CT molecular complexity index is 1050. The lowest BCUT2D eigenvalue weighted by atomic mass is 9.98. The number of benzene rings is 2. The van der Waals surface area contributed by atoms with Gasteiger partial charge in [-0.3, -0.25) is 9.59 Å². The summed E-state index contributed by atoms with van der Waals surface area (Å²) in [6.45, 7) is 3.89. The fraction of sp³-hybridized carbons (Fsp3) is 0.393. The van der Waals surface area contributed by atoms with Crippen molar-refractivity contribution in [1.82, 2.24) is 10.6 Å². The predicted molar refractivity (Wildman–Crippen MR) is 133 cm³/mol. The molecule has 0 aliphatic heterocycles. The van der Waals surface area contributed by atoms with Crippen molar-refractivity contribution >= 4 is 18.0 Å². The standard InChI is InChI=1S/C28H32N2O5/c1-2-3-12-25(27(33)29-19-14-13-18(15-19)16-26(31)32)30-28(34)35-17-24-22-10-6-4-8-20(22)21-9-5-7-11-23(21)24/h2,4-11,18-19,24-25H,1,3,12-17H2,(H,29,33)(H,30,34)(H,31,32)/t18-,19+,25?/m1/s1. The monoisotopic (exact) mass is 476 g/mol. The van der Waals surface area contributed by atoms with Crippen LogP contribution in [-0.4, -0.2) is 41.8 Å². The Kier molecular flexibility index (Phi) is 7.85. The molecule has 1 unspecified atom stereocenters. The van der Waals surface area contributed by atoms with Crippen molar-refractivity contribution in [2.75, 3.05) is 6.61 Å². The molecule has 0 heterocycles. The number of alkyl carbamates (subject to hydrolysis) is 1. The lowest BCUT2D eigenvalue weighted by molar-refractivity contribution is -0.138. The van der Waals surface area contributed by atoms with Crippen molar-refractivity contribution in [3.8, 4) is 11.1 Å². The molecule has 35 heavy (non-hydrogen) atoms. The van der Waals surface area contributed by atoms with Crippen LogP contribution < -0.4 is 10.6 Å². The van der Waals surface area contributed by atoms with E-state index >= 15 is 0 Å². The summed E-state index contributed by atoms with van der Waals surface area (Å²) in [5.41, 5.74) is 4.55. The number of carboxylic acid groups (broad SMARTS) is 1. The molecule has 4 rings (SSSR count). The molecule has 0 saturated heterocycles. The van der Waals surface area contributed by atoms with Crippen LogP contribution in [0.25, 0.3) is 11.1 Å². The first-order valence-electron chi connectivity index (χ1n) is 12.2. The van der Waals surface area contributed by atoms with Crippen molar-refractivity contribution in [3.63, 3.8) is 0 Å². The molecule has 0 aromatic heterocycles. The van der Waals surface area contributed by atoms with Crippen LogP contribution in [0.1, 0.15) is 55.6 Å². The minimum Gasteiger partial charge on any atom is -0.481 e. The number of hydrogen-bond donors (Lipinski definition) is 3. The number of carbonyl (C=O) groups is 3. The van der Waals surface area contributed by atoms with E-state index in [0.717, 1.165) is 35.1 Å². The van der Waals surface area contributed by atoms with Crippen LogP contribution in [0.5, 0.6) is 0 Å². The van der Waals surface area contributed by atoms with Gasteiger partial charge in [-0.1, -0.05) is 54.6 Å². The Morgan fingerprint density at radius 3 is 2.34 bits per heavy atom. The number of carboxylic acids is 1. The molecule has 3 atom stereocenters. The zero-order chi connectivity index (χ0) is 24.8. The van der Waals surface area contributed by atoms with Crippen molar-refractivity contribution < 1.29 is 24.2 Å². The summed E-state index contributed by atoms with van der Waals surface area (Å²) >= 11 is 0. The predicted octanol–water partition coefficient (Wildman–Crippen LogP) is 4.62. The zero-order valence-electron chi connectivity index (χ0n) is 19.7. The average Bonchev–Trinajstić information content (AvgIpc) is 3.41. The number of hydrogen-bond acceptors (Lipinski definition) is 4. The second kappa shape index (κ2) is 11.2. The van der Waals surface area contributed by atoms with Crippen molar-refractivity contribution in [1.29, 1.82) is 0 Å². The first kappa shape index (κ1) is 24.5. The quantitative estimate of drug-likeness (QED) is 0.434. The fourth-order valence-electron chi connectivity index (χ4n) is 5.28. The molecule has 0 bridgehead atoms. The molecule has 184 valence electrons. The van der Waals surface area contributed by atoms with Gasteiger partial charge < -0.3 is 20.5 Å². The summed E-state index contributed by atoms with van der Waals surface area (Å²) < 4.78 is 5.61. The smallest absolute Gasteiger partial charge is 0.407 e. The molecular formula is C28H32N2O5. The number of amides is 2. The minimum absolute atomic E-state index is 0.0572. The maximum atomic E-state index is 12.9. The van der Waals surface area contributed by atoms with Crippen molar-refractivity contribution in [2.24, 2.45) is 5.92 Å². The van der Waals surface area contributed by atoms with Gasteiger partial charge in [-0.2, -0.15) is 0 Å². The van der Waals surface area contributed by atoms with Gasteiger partial charge in [-0.15, -0.1) is 6.58 Å². The summed E-state index contributed by atoms with van der Waals surface area (Å²) in [5.74, 6) is -1.08. The van der Waals surface area contributed by atoms with E-state index in [1.165, 1.54) is 0 Å². The van der Waals surface area contributed by atoms with E-state index in [1.54, 1.807) is 6.08 Å². The number of aliphatic carboxylic acids is 1. The van der Waals surface area contributed by atoms with Gasteiger partial charge in [-0.05, 0) is 60.3 Å². The van der Waals surface area contributed by atoms with Crippen LogP contribution in [0.15, 0.2) is 61.2 Å². The molecule has 0 spiro atoms. The first-order chi connectivity index (χ1) is 17.0. The molecule has 2 aliphatic carbocycles. The highest BCUT2D eigenvalue weighted by molar-refractivity contribution is 5.86. The number of allylic oxidation sites excluding steroid dienone is 1. The Hall–Kier alpha value is -3.61. The summed E-state index contributed by atoms with van der Waals surface area (Å²) in [4.78, 5) is 36.6. The van der Waals surface area contributed by atoms with Gasteiger partial charge in [0, 0.05) is 18.4 Å². The molecule has 2 aliphatic rings. The Morgan fingerprint density at radius 2 is 1.71 bits per heavy atom. The van der Waals surface area contributed by atoms with E-state index in [-0.39, 0.29) is 36.8 Å². The van der Waals surface area contributed by atoms with Crippen molar-refractivity contribution in [3.05, 3.63) is 72.3 Å². The average molecular weight is 477 g/mol. The molecular weight excluding hydrogens is 444 g/mol. The fourth-order valence-corrected chi connectivity index (χ4v) is 5.28. The van der Waals surface area contributed by atoms with E-state index in [9.17, 15) is 14.4 Å². The Labute approximate surface area is 205 Å². The number of carbonyl (C=O) groups excluding carboxylic acids is 2. The number of ether oxygens (including phenoxy) is 1. The number of rotatable bonds is 10. The van der Waals surface area contributed by atoms with Crippen LogP contribution >= 0.6 is 0 Å². The Morgan fingerprint density at radius 1 is 1.06 bits per heavy atom. The summed E-state index contributed by atoms with van der Waals surface area (Å²) in [7, 11) is 0. The molecule has 2 amide bonds. The van der Waals surface area contributed by atoms with Gasteiger partial charge in [0.15, 0.2) is 0 Å². The first-order valence-corrected chi connectivity index (χ1v) is 12.2.